The number of aromatic amines is 1. The van der Waals surface area contributed by atoms with Crippen molar-refractivity contribution in [2.75, 3.05) is 17.2 Å². The van der Waals surface area contributed by atoms with Crippen LogP contribution >= 0.6 is 11.8 Å². The number of nitrogen functional groups attached to an aromatic ring is 1. The minimum absolute atomic E-state index is 0.251. The first-order chi connectivity index (χ1) is 7.16. The third kappa shape index (κ3) is 2.26. The molecule has 0 bridgehead atoms. The SMILES string of the molecule is Nc1cc(=O)[nH]c(=O)n1CC1CCSC1. The Labute approximate surface area is 90.7 Å². The van der Waals surface area contributed by atoms with Gasteiger partial charge in [-0.25, -0.2) is 4.79 Å². The van der Waals surface area contributed by atoms with Crippen molar-refractivity contribution in [3.8, 4) is 0 Å². The number of thioether (sulfide) groups is 1. The Bertz CT molecular complexity index is 459. The second-order valence-corrected chi connectivity index (χ2v) is 4.85. The lowest BCUT2D eigenvalue weighted by atomic mass is 10.1. The summed E-state index contributed by atoms with van der Waals surface area (Å²) in [4.78, 5) is 24.6. The van der Waals surface area contributed by atoms with E-state index >= 15 is 0 Å². The maximum Gasteiger partial charge on any atom is 0.329 e. The monoisotopic (exact) mass is 227 g/mol. The van der Waals surface area contributed by atoms with Crippen LogP contribution in [0.25, 0.3) is 0 Å². The van der Waals surface area contributed by atoms with E-state index in [-0.39, 0.29) is 5.82 Å². The van der Waals surface area contributed by atoms with Crippen LogP contribution in [0.4, 0.5) is 5.82 Å². The molecular weight excluding hydrogens is 214 g/mol. The van der Waals surface area contributed by atoms with Crippen LogP contribution in [-0.2, 0) is 6.54 Å². The van der Waals surface area contributed by atoms with Gasteiger partial charge in [-0.05, 0) is 23.8 Å². The molecule has 2 rings (SSSR count). The molecule has 1 saturated heterocycles. The zero-order valence-electron chi connectivity index (χ0n) is 8.23. The Hall–Kier alpha value is -1.17. The molecule has 82 valence electrons. The number of H-pyrrole nitrogens is 1. The quantitative estimate of drug-likeness (QED) is 0.737. The molecule has 1 aliphatic heterocycles. The molecule has 15 heavy (non-hydrogen) atoms. The van der Waals surface area contributed by atoms with E-state index in [0.29, 0.717) is 12.5 Å². The molecule has 1 atom stereocenters. The van der Waals surface area contributed by atoms with E-state index in [1.807, 2.05) is 11.8 Å². The molecule has 1 aromatic rings. The van der Waals surface area contributed by atoms with Crippen molar-refractivity contribution in [3.05, 3.63) is 26.9 Å². The molecule has 0 spiro atoms. The number of hydrogen-bond acceptors (Lipinski definition) is 4. The summed E-state index contributed by atoms with van der Waals surface area (Å²) < 4.78 is 1.44. The molecule has 0 aromatic carbocycles. The molecule has 3 N–H and O–H groups in total. The van der Waals surface area contributed by atoms with Crippen LogP contribution in [0.5, 0.6) is 0 Å². The lowest BCUT2D eigenvalue weighted by Crippen LogP contribution is -2.33. The van der Waals surface area contributed by atoms with Crippen LogP contribution in [0.15, 0.2) is 15.7 Å². The third-order valence-corrected chi connectivity index (χ3v) is 3.76. The van der Waals surface area contributed by atoms with Crippen LogP contribution in [0.1, 0.15) is 6.42 Å². The summed E-state index contributed by atoms with van der Waals surface area (Å²) in [6, 6.07) is 1.25. The van der Waals surface area contributed by atoms with Crippen molar-refractivity contribution in [1.29, 1.82) is 0 Å². The first-order valence-corrected chi connectivity index (χ1v) is 5.99. The van der Waals surface area contributed by atoms with Crippen molar-refractivity contribution in [3.63, 3.8) is 0 Å². The second-order valence-electron chi connectivity index (χ2n) is 3.70. The molecular formula is C9H13N3O2S. The molecule has 0 saturated carbocycles. The molecule has 0 aliphatic carbocycles. The highest BCUT2D eigenvalue weighted by Gasteiger charge is 2.17. The smallest absolute Gasteiger partial charge is 0.329 e. The fourth-order valence-electron chi connectivity index (χ4n) is 1.71. The Balaban J connectivity index is 2.27. The van der Waals surface area contributed by atoms with Crippen molar-refractivity contribution < 1.29 is 0 Å². The Morgan fingerprint density at radius 1 is 1.60 bits per heavy atom. The van der Waals surface area contributed by atoms with Gasteiger partial charge in [0.25, 0.3) is 5.56 Å². The summed E-state index contributed by atoms with van der Waals surface area (Å²) >= 11 is 1.89. The van der Waals surface area contributed by atoms with Gasteiger partial charge in [-0.1, -0.05) is 0 Å². The number of nitrogens with one attached hydrogen (secondary N) is 1. The number of anilines is 1. The van der Waals surface area contributed by atoms with Crippen molar-refractivity contribution in [2.45, 2.75) is 13.0 Å². The zero-order valence-corrected chi connectivity index (χ0v) is 9.05. The van der Waals surface area contributed by atoms with Gasteiger partial charge in [0.15, 0.2) is 0 Å². The summed E-state index contributed by atoms with van der Waals surface area (Å²) in [7, 11) is 0. The van der Waals surface area contributed by atoms with Crippen molar-refractivity contribution in [2.24, 2.45) is 5.92 Å². The van der Waals surface area contributed by atoms with E-state index in [1.165, 1.54) is 10.6 Å². The first-order valence-electron chi connectivity index (χ1n) is 4.84. The number of nitrogens with two attached hydrogens (primary N) is 1. The summed E-state index contributed by atoms with van der Waals surface area (Å²) in [6.07, 6.45) is 1.11. The van der Waals surface area contributed by atoms with E-state index in [2.05, 4.69) is 4.98 Å². The van der Waals surface area contributed by atoms with Gasteiger partial charge >= 0.3 is 5.69 Å². The van der Waals surface area contributed by atoms with Gasteiger partial charge < -0.3 is 5.73 Å². The molecule has 1 aliphatic rings. The van der Waals surface area contributed by atoms with Crippen LogP contribution in [0, 0.1) is 5.92 Å². The van der Waals surface area contributed by atoms with Crippen LogP contribution in [-0.4, -0.2) is 21.1 Å². The van der Waals surface area contributed by atoms with Crippen LogP contribution in [0.2, 0.25) is 0 Å². The summed E-state index contributed by atoms with van der Waals surface area (Å²) in [5.74, 6) is 2.94. The average Bonchev–Trinajstić information content (AvgIpc) is 2.63. The van der Waals surface area contributed by atoms with E-state index in [9.17, 15) is 9.59 Å². The van der Waals surface area contributed by atoms with Gasteiger partial charge in [-0.2, -0.15) is 11.8 Å². The molecule has 5 nitrogen and oxygen atoms in total. The van der Waals surface area contributed by atoms with Crippen molar-refractivity contribution in [1.82, 2.24) is 9.55 Å². The molecule has 0 radical (unpaired) electrons. The lowest BCUT2D eigenvalue weighted by molar-refractivity contribution is 0.480. The normalized spacial score (nSPS) is 20.7. The van der Waals surface area contributed by atoms with Crippen molar-refractivity contribution >= 4 is 17.6 Å². The minimum atomic E-state index is -0.436. The van der Waals surface area contributed by atoms with E-state index in [0.717, 1.165) is 17.9 Å². The summed E-state index contributed by atoms with van der Waals surface area (Å²) in [6.45, 7) is 0.606. The highest BCUT2D eigenvalue weighted by molar-refractivity contribution is 7.99. The third-order valence-electron chi connectivity index (χ3n) is 2.53. The lowest BCUT2D eigenvalue weighted by Gasteiger charge is -2.12. The molecule has 6 heteroatoms. The van der Waals surface area contributed by atoms with Gasteiger partial charge in [0.1, 0.15) is 5.82 Å². The highest BCUT2D eigenvalue weighted by Crippen LogP contribution is 2.24. The summed E-state index contributed by atoms with van der Waals surface area (Å²) in [5, 5.41) is 0. The van der Waals surface area contributed by atoms with Gasteiger partial charge in [0.2, 0.25) is 0 Å². The number of hydrogen-bond donors (Lipinski definition) is 2. The maximum absolute atomic E-state index is 11.5. The fourth-order valence-corrected chi connectivity index (χ4v) is 2.98. The molecule has 1 fully saturated rings. The van der Waals surface area contributed by atoms with Gasteiger partial charge in [0.05, 0.1) is 0 Å². The fraction of sp³-hybridized carbons (Fsp3) is 0.556. The minimum Gasteiger partial charge on any atom is -0.385 e. The standard InChI is InChI=1S/C9H13N3O2S/c10-7-3-8(13)11-9(14)12(7)4-6-1-2-15-5-6/h3,6H,1-2,4-5,10H2,(H,11,13,14). The van der Waals surface area contributed by atoms with E-state index in [1.54, 1.807) is 0 Å². The predicted molar refractivity (Wildman–Crippen MR) is 61.2 cm³/mol. The van der Waals surface area contributed by atoms with Gasteiger partial charge in [0, 0.05) is 12.6 Å². The zero-order chi connectivity index (χ0) is 10.8. The van der Waals surface area contributed by atoms with Crippen LogP contribution < -0.4 is 17.0 Å². The average molecular weight is 227 g/mol. The molecule has 1 unspecified atom stereocenters. The number of aromatic nitrogens is 2. The second kappa shape index (κ2) is 4.14. The summed E-state index contributed by atoms with van der Waals surface area (Å²) in [5.41, 5.74) is 4.80. The van der Waals surface area contributed by atoms with E-state index < -0.39 is 11.2 Å². The first kappa shape index (κ1) is 10.4. The van der Waals surface area contributed by atoms with Gasteiger partial charge in [-0.3, -0.25) is 14.3 Å². The molecule has 1 aromatic heterocycles. The Morgan fingerprint density at radius 3 is 3.00 bits per heavy atom. The highest BCUT2D eigenvalue weighted by atomic mass is 32.2. The number of nitrogens with zero attached hydrogens (tertiary/aromatic N) is 1. The maximum atomic E-state index is 11.5. The predicted octanol–water partition coefficient (Wildman–Crippen LogP) is -0.128. The topological polar surface area (TPSA) is 80.9 Å². The largest absolute Gasteiger partial charge is 0.385 e. The van der Waals surface area contributed by atoms with E-state index in [4.69, 9.17) is 5.73 Å². The number of rotatable bonds is 2. The van der Waals surface area contributed by atoms with Gasteiger partial charge in [-0.15, -0.1) is 0 Å². The molecule has 0 amide bonds. The van der Waals surface area contributed by atoms with Crippen LogP contribution in [0.3, 0.4) is 0 Å². The molecule has 2 heterocycles. The Kier molecular flexibility index (Phi) is 2.86. The Morgan fingerprint density at radius 2 is 2.40 bits per heavy atom.